The maximum atomic E-state index is 12.7. The number of para-hydroxylation sites is 2. The number of hydrogen-bond acceptors (Lipinski definition) is 5. The van der Waals surface area contributed by atoms with E-state index in [4.69, 9.17) is 4.74 Å². The zero-order valence-corrected chi connectivity index (χ0v) is 16.3. The lowest BCUT2D eigenvalue weighted by Gasteiger charge is -2.14. The molecule has 0 spiro atoms. The molecule has 1 unspecified atom stereocenters. The van der Waals surface area contributed by atoms with Crippen LogP contribution in [0.25, 0.3) is 11.4 Å². The highest BCUT2D eigenvalue weighted by Crippen LogP contribution is 2.27. The van der Waals surface area contributed by atoms with Crippen molar-refractivity contribution in [1.29, 1.82) is 0 Å². The van der Waals surface area contributed by atoms with Crippen molar-refractivity contribution >= 4 is 17.4 Å². The molecule has 3 aromatic rings. The van der Waals surface area contributed by atoms with Crippen LogP contribution in [0.2, 0.25) is 0 Å². The number of hydrogen-bond donors (Lipinski definition) is 2. The lowest BCUT2D eigenvalue weighted by Crippen LogP contribution is -2.32. The summed E-state index contributed by atoms with van der Waals surface area (Å²) in [7, 11) is 1.61. The Kier molecular flexibility index (Phi) is 6.22. The van der Waals surface area contributed by atoms with E-state index in [1.54, 1.807) is 13.2 Å². The van der Waals surface area contributed by atoms with E-state index in [9.17, 15) is 4.79 Å². The summed E-state index contributed by atoms with van der Waals surface area (Å²) in [6.07, 6.45) is 0.842. The van der Waals surface area contributed by atoms with Crippen LogP contribution in [0.15, 0.2) is 60.7 Å². The van der Waals surface area contributed by atoms with E-state index in [0.717, 1.165) is 17.7 Å². The molecular formula is C22H24N4O2. The topological polar surface area (TPSA) is 76.1 Å². The fourth-order valence-electron chi connectivity index (χ4n) is 2.63. The van der Waals surface area contributed by atoms with Gasteiger partial charge in [-0.2, -0.15) is 0 Å². The fourth-order valence-corrected chi connectivity index (χ4v) is 2.63. The molecule has 28 heavy (non-hydrogen) atoms. The highest BCUT2D eigenvalue weighted by molar-refractivity contribution is 5.93. The number of carbonyl (C=O) groups is 1. The second-order valence-corrected chi connectivity index (χ2v) is 6.44. The van der Waals surface area contributed by atoms with Gasteiger partial charge >= 0.3 is 0 Å². The molecule has 0 bridgehead atoms. The molecular weight excluding hydrogens is 352 g/mol. The third-order valence-electron chi connectivity index (χ3n) is 4.35. The van der Waals surface area contributed by atoms with E-state index in [0.29, 0.717) is 23.1 Å². The first-order valence-electron chi connectivity index (χ1n) is 9.26. The van der Waals surface area contributed by atoms with Gasteiger partial charge in [0.2, 0.25) is 0 Å². The molecule has 144 valence electrons. The Morgan fingerprint density at radius 1 is 1.07 bits per heavy atom. The predicted molar refractivity (Wildman–Crippen MR) is 111 cm³/mol. The Labute approximate surface area is 165 Å². The number of aromatic nitrogens is 2. The SMILES string of the molecule is CCC(C)NC(=O)c1cc(Nc2ccccc2OC)nc(-c2ccccc2)n1. The molecule has 6 nitrogen and oxygen atoms in total. The number of anilines is 2. The minimum absolute atomic E-state index is 0.0632. The largest absolute Gasteiger partial charge is 0.495 e. The summed E-state index contributed by atoms with van der Waals surface area (Å²) < 4.78 is 5.39. The van der Waals surface area contributed by atoms with Crippen molar-refractivity contribution in [2.45, 2.75) is 26.3 Å². The molecule has 0 saturated heterocycles. The molecule has 0 saturated carbocycles. The van der Waals surface area contributed by atoms with Crippen molar-refractivity contribution < 1.29 is 9.53 Å². The van der Waals surface area contributed by atoms with Gasteiger partial charge < -0.3 is 15.4 Å². The van der Waals surface area contributed by atoms with E-state index < -0.39 is 0 Å². The third kappa shape index (κ3) is 4.65. The molecule has 0 aliphatic heterocycles. The second kappa shape index (κ2) is 8.99. The number of rotatable bonds is 7. The van der Waals surface area contributed by atoms with Gasteiger partial charge in [0.25, 0.3) is 5.91 Å². The van der Waals surface area contributed by atoms with Gasteiger partial charge in [-0.3, -0.25) is 4.79 Å². The Morgan fingerprint density at radius 3 is 2.50 bits per heavy atom. The first-order chi connectivity index (χ1) is 13.6. The number of nitrogens with one attached hydrogen (secondary N) is 2. The van der Waals surface area contributed by atoms with E-state index in [1.165, 1.54) is 0 Å². The number of amides is 1. The molecule has 1 amide bonds. The van der Waals surface area contributed by atoms with Gasteiger partial charge in [-0.1, -0.05) is 49.4 Å². The minimum atomic E-state index is -0.225. The summed E-state index contributed by atoms with van der Waals surface area (Å²) in [5.74, 6) is 1.47. The molecule has 1 atom stereocenters. The Bertz CT molecular complexity index is 944. The lowest BCUT2D eigenvalue weighted by molar-refractivity contribution is 0.0934. The van der Waals surface area contributed by atoms with Gasteiger partial charge in [0.15, 0.2) is 5.82 Å². The number of methoxy groups -OCH3 is 1. The first-order valence-corrected chi connectivity index (χ1v) is 9.26. The van der Waals surface area contributed by atoms with Crippen LogP contribution in [0.4, 0.5) is 11.5 Å². The zero-order chi connectivity index (χ0) is 19.9. The van der Waals surface area contributed by atoms with Crippen LogP contribution < -0.4 is 15.4 Å². The number of carbonyl (C=O) groups excluding carboxylic acids is 1. The molecule has 0 fully saturated rings. The van der Waals surface area contributed by atoms with Crippen LogP contribution in [0.5, 0.6) is 5.75 Å². The van der Waals surface area contributed by atoms with E-state index in [1.807, 2.05) is 68.4 Å². The maximum absolute atomic E-state index is 12.7. The summed E-state index contributed by atoms with van der Waals surface area (Å²) >= 11 is 0. The van der Waals surface area contributed by atoms with Gasteiger partial charge in [-0.25, -0.2) is 9.97 Å². The fraction of sp³-hybridized carbons (Fsp3) is 0.227. The quantitative estimate of drug-likeness (QED) is 0.638. The summed E-state index contributed by atoms with van der Waals surface area (Å²) in [6.45, 7) is 3.99. The van der Waals surface area contributed by atoms with Crippen molar-refractivity contribution in [3.8, 4) is 17.1 Å². The average molecular weight is 376 g/mol. The van der Waals surface area contributed by atoms with Gasteiger partial charge in [0, 0.05) is 17.7 Å². The van der Waals surface area contributed by atoms with Crippen molar-refractivity contribution in [3.05, 3.63) is 66.4 Å². The molecule has 2 N–H and O–H groups in total. The Balaban J connectivity index is 2.01. The third-order valence-corrected chi connectivity index (χ3v) is 4.35. The monoisotopic (exact) mass is 376 g/mol. The Morgan fingerprint density at radius 2 is 1.79 bits per heavy atom. The van der Waals surface area contributed by atoms with Crippen LogP contribution in [0.3, 0.4) is 0 Å². The minimum Gasteiger partial charge on any atom is -0.495 e. The highest BCUT2D eigenvalue weighted by Gasteiger charge is 2.15. The lowest BCUT2D eigenvalue weighted by atomic mass is 10.2. The van der Waals surface area contributed by atoms with E-state index in [2.05, 4.69) is 20.6 Å². The van der Waals surface area contributed by atoms with Crippen molar-refractivity contribution in [2.75, 3.05) is 12.4 Å². The molecule has 6 heteroatoms. The normalized spacial score (nSPS) is 11.5. The summed E-state index contributed by atoms with van der Waals surface area (Å²) in [6, 6.07) is 18.8. The van der Waals surface area contributed by atoms with E-state index in [-0.39, 0.29) is 11.9 Å². The summed E-state index contributed by atoms with van der Waals surface area (Å²) in [4.78, 5) is 21.8. The standard InChI is InChI=1S/C22H24N4O2/c1-4-15(2)23-22(27)18-14-20(24-17-12-8-9-13-19(17)28-3)26-21(25-18)16-10-6-5-7-11-16/h5-15H,4H2,1-3H3,(H,23,27)(H,24,25,26). The van der Waals surface area contributed by atoms with Gasteiger partial charge in [-0.15, -0.1) is 0 Å². The average Bonchev–Trinajstić information content (AvgIpc) is 2.74. The Hall–Kier alpha value is -3.41. The van der Waals surface area contributed by atoms with Gasteiger partial charge in [-0.05, 0) is 25.5 Å². The van der Waals surface area contributed by atoms with Crippen molar-refractivity contribution in [3.63, 3.8) is 0 Å². The summed E-state index contributed by atoms with van der Waals surface area (Å²) in [5.41, 5.74) is 1.91. The van der Waals surface area contributed by atoms with Crippen molar-refractivity contribution in [1.82, 2.24) is 15.3 Å². The maximum Gasteiger partial charge on any atom is 0.270 e. The van der Waals surface area contributed by atoms with Gasteiger partial charge in [0.1, 0.15) is 17.3 Å². The molecule has 0 aliphatic carbocycles. The number of ether oxygens (including phenoxy) is 1. The number of benzene rings is 2. The summed E-state index contributed by atoms with van der Waals surface area (Å²) in [5, 5.41) is 6.20. The predicted octanol–water partition coefficient (Wildman–Crippen LogP) is 4.42. The van der Waals surface area contributed by atoms with E-state index >= 15 is 0 Å². The number of nitrogens with zero attached hydrogens (tertiary/aromatic N) is 2. The highest BCUT2D eigenvalue weighted by atomic mass is 16.5. The molecule has 0 radical (unpaired) electrons. The van der Waals surface area contributed by atoms with Crippen LogP contribution in [-0.2, 0) is 0 Å². The van der Waals surface area contributed by atoms with Crippen LogP contribution in [-0.4, -0.2) is 29.0 Å². The van der Waals surface area contributed by atoms with Crippen molar-refractivity contribution in [2.24, 2.45) is 0 Å². The van der Waals surface area contributed by atoms with Gasteiger partial charge in [0.05, 0.1) is 12.8 Å². The molecule has 0 aliphatic rings. The smallest absolute Gasteiger partial charge is 0.270 e. The zero-order valence-electron chi connectivity index (χ0n) is 16.3. The molecule has 1 aromatic heterocycles. The second-order valence-electron chi connectivity index (χ2n) is 6.44. The van der Waals surface area contributed by atoms with Crippen LogP contribution in [0, 0.1) is 0 Å². The first kappa shape index (κ1) is 19.4. The van der Waals surface area contributed by atoms with Crippen LogP contribution >= 0.6 is 0 Å². The molecule has 3 rings (SSSR count). The molecule has 2 aromatic carbocycles. The van der Waals surface area contributed by atoms with Crippen LogP contribution in [0.1, 0.15) is 30.8 Å². The molecule has 1 heterocycles.